The highest BCUT2D eigenvalue weighted by atomic mass is 79.9. The fourth-order valence-electron chi connectivity index (χ4n) is 2.05. The highest BCUT2D eigenvalue weighted by Crippen LogP contribution is 2.26. The van der Waals surface area contributed by atoms with Crippen LogP contribution in [0.3, 0.4) is 0 Å². The van der Waals surface area contributed by atoms with E-state index < -0.39 is 0 Å². The van der Waals surface area contributed by atoms with Gasteiger partial charge >= 0.3 is 0 Å². The maximum absolute atomic E-state index is 5.58. The number of hydrogen-bond acceptors (Lipinski definition) is 5. The monoisotopic (exact) mass is 347 g/mol. The lowest BCUT2D eigenvalue weighted by atomic mass is 10.1. The molecule has 2 aromatic heterocycles. The molecule has 1 aromatic carbocycles. The van der Waals surface area contributed by atoms with Crippen molar-refractivity contribution >= 4 is 21.6 Å². The number of nitrogens with one attached hydrogen (secondary N) is 1. The molecular formula is C14H14BrN5O. The van der Waals surface area contributed by atoms with E-state index >= 15 is 0 Å². The second kappa shape index (κ2) is 5.69. The van der Waals surface area contributed by atoms with Gasteiger partial charge in [-0.25, -0.2) is 4.68 Å². The number of aryl methyl sites for hydroxylation is 1. The van der Waals surface area contributed by atoms with E-state index in [1.807, 2.05) is 30.3 Å². The largest absolute Gasteiger partial charge is 0.452 e. The smallest absolute Gasteiger partial charge is 0.169 e. The number of aromatic nitrogens is 4. The van der Waals surface area contributed by atoms with E-state index in [0.29, 0.717) is 0 Å². The Morgan fingerprint density at radius 1 is 1.29 bits per heavy atom. The van der Waals surface area contributed by atoms with Gasteiger partial charge in [-0.2, -0.15) is 0 Å². The average molecular weight is 348 g/mol. The molecule has 1 N–H and O–H groups in total. The first-order chi connectivity index (χ1) is 10.1. The summed E-state index contributed by atoms with van der Waals surface area (Å²) < 4.78 is 7.93. The van der Waals surface area contributed by atoms with Crippen LogP contribution in [0.25, 0.3) is 5.69 Å². The summed E-state index contributed by atoms with van der Waals surface area (Å²) in [5.41, 5.74) is 3.06. The van der Waals surface area contributed by atoms with Crippen LogP contribution in [0.5, 0.6) is 0 Å². The van der Waals surface area contributed by atoms with Gasteiger partial charge in [-0.1, -0.05) is 6.07 Å². The van der Waals surface area contributed by atoms with E-state index in [-0.39, 0.29) is 6.04 Å². The van der Waals surface area contributed by atoms with Crippen molar-refractivity contribution in [2.45, 2.75) is 19.9 Å². The maximum atomic E-state index is 5.58. The Hall–Kier alpha value is -2.15. The van der Waals surface area contributed by atoms with Crippen molar-refractivity contribution in [2.24, 2.45) is 0 Å². The number of rotatable bonds is 4. The Morgan fingerprint density at radius 2 is 2.14 bits per heavy atom. The predicted molar refractivity (Wildman–Crippen MR) is 82.3 cm³/mol. The minimum Gasteiger partial charge on any atom is -0.452 e. The van der Waals surface area contributed by atoms with E-state index in [9.17, 15) is 0 Å². The van der Waals surface area contributed by atoms with Crippen molar-refractivity contribution in [2.75, 3.05) is 5.32 Å². The van der Waals surface area contributed by atoms with Crippen LogP contribution in [-0.2, 0) is 0 Å². The molecule has 108 valence electrons. The number of halogens is 1. The second-order valence-electron chi connectivity index (χ2n) is 4.76. The maximum Gasteiger partial charge on any atom is 0.169 e. The number of nitrogens with zero attached hydrogens (tertiary/aromatic N) is 4. The molecule has 3 rings (SSSR count). The zero-order chi connectivity index (χ0) is 14.8. The first-order valence-electron chi connectivity index (χ1n) is 6.49. The van der Waals surface area contributed by atoms with Crippen LogP contribution >= 0.6 is 15.9 Å². The summed E-state index contributed by atoms with van der Waals surface area (Å²) in [7, 11) is 0. The molecule has 0 fully saturated rings. The summed E-state index contributed by atoms with van der Waals surface area (Å²) in [6.45, 7) is 4.10. The van der Waals surface area contributed by atoms with E-state index in [1.54, 1.807) is 11.0 Å². The van der Waals surface area contributed by atoms with Gasteiger partial charge in [0.25, 0.3) is 0 Å². The van der Waals surface area contributed by atoms with Crippen molar-refractivity contribution in [3.8, 4) is 5.69 Å². The molecule has 0 aliphatic carbocycles. The SMILES string of the molecule is Cc1ccc(-n2cnnn2)cc1NC(C)c1ccc(Br)o1. The Balaban J connectivity index is 1.86. The second-order valence-corrected chi connectivity index (χ2v) is 5.54. The van der Waals surface area contributed by atoms with Crippen molar-refractivity contribution in [3.05, 3.63) is 52.7 Å². The molecule has 0 saturated heterocycles. The summed E-state index contributed by atoms with van der Waals surface area (Å²) in [5, 5.41) is 14.7. The molecule has 2 heterocycles. The molecular weight excluding hydrogens is 334 g/mol. The molecule has 0 bridgehead atoms. The minimum atomic E-state index is 0.0547. The Kier molecular flexibility index (Phi) is 3.74. The lowest BCUT2D eigenvalue weighted by Crippen LogP contribution is -2.07. The molecule has 0 radical (unpaired) electrons. The third-order valence-corrected chi connectivity index (χ3v) is 3.65. The molecule has 3 aromatic rings. The summed E-state index contributed by atoms with van der Waals surface area (Å²) in [4.78, 5) is 0. The molecule has 7 heteroatoms. The first kappa shape index (κ1) is 13.8. The molecule has 0 aliphatic rings. The van der Waals surface area contributed by atoms with E-state index in [2.05, 4.69) is 50.6 Å². The fraction of sp³-hybridized carbons (Fsp3) is 0.214. The van der Waals surface area contributed by atoms with Gasteiger partial charge < -0.3 is 9.73 Å². The van der Waals surface area contributed by atoms with Crippen molar-refractivity contribution < 1.29 is 4.42 Å². The van der Waals surface area contributed by atoms with Crippen LogP contribution in [-0.4, -0.2) is 20.2 Å². The number of hydrogen-bond donors (Lipinski definition) is 1. The highest BCUT2D eigenvalue weighted by Gasteiger charge is 2.12. The molecule has 0 amide bonds. The zero-order valence-corrected chi connectivity index (χ0v) is 13.2. The van der Waals surface area contributed by atoms with Gasteiger partial charge in [0.15, 0.2) is 4.67 Å². The average Bonchev–Trinajstić information content (AvgIpc) is 3.12. The minimum absolute atomic E-state index is 0.0547. The van der Waals surface area contributed by atoms with Crippen LogP contribution in [0.1, 0.15) is 24.3 Å². The lowest BCUT2D eigenvalue weighted by molar-refractivity contribution is 0.471. The van der Waals surface area contributed by atoms with Gasteiger partial charge in [0, 0.05) is 5.69 Å². The van der Waals surface area contributed by atoms with Gasteiger partial charge in [0.1, 0.15) is 12.1 Å². The first-order valence-corrected chi connectivity index (χ1v) is 7.28. The third kappa shape index (κ3) is 2.97. The van der Waals surface area contributed by atoms with E-state index in [1.165, 1.54) is 0 Å². The van der Waals surface area contributed by atoms with Gasteiger partial charge in [-0.3, -0.25) is 0 Å². The van der Waals surface area contributed by atoms with Crippen molar-refractivity contribution in [1.29, 1.82) is 0 Å². The number of furan rings is 1. The van der Waals surface area contributed by atoms with Crippen molar-refractivity contribution in [1.82, 2.24) is 20.2 Å². The summed E-state index contributed by atoms with van der Waals surface area (Å²) in [6, 6.07) is 9.91. The standard InChI is InChI=1S/C14H14BrN5O/c1-9-3-4-11(20-8-16-18-19-20)7-12(9)17-10(2)13-5-6-14(15)21-13/h3-8,10,17H,1-2H3. The molecule has 21 heavy (non-hydrogen) atoms. The zero-order valence-electron chi connectivity index (χ0n) is 11.6. The predicted octanol–water partition coefficient (Wildman–Crippen LogP) is 3.50. The molecule has 1 atom stereocenters. The summed E-state index contributed by atoms with van der Waals surface area (Å²) >= 11 is 3.32. The Morgan fingerprint density at radius 3 is 2.81 bits per heavy atom. The van der Waals surface area contributed by atoms with Crippen LogP contribution in [0, 0.1) is 6.92 Å². The normalized spacial score (nSPS) is 12.3. The fourth-order valence-corrected chi connectivity index (χ4v) is 2.37. The quantitative estimate of drug-likeness (QED) is 0.782. The molecule has 1 unspecified atom stereocenters. The van der Waals surface area contributed by atoms with Crippen molar-refractivity contribution in [3.63, 3.8) is 0 Å². The van der Waals surface area contributed by atoms with E-state index in [4.69, 9.17) is 4.42 Å². The molecule has 0 aliphatic heterocycles. The third-order valence-electron chi connectivity index (χ3n) is 3.23. The summed E-state index contributed by atoms with van der Waals surface area (Å²) in [5.74, 6) is 0.870. The van der Waals surface area contributed by atoms with Gasteiger partial charge in [-0.15, -0.1) is 5.10 Å². The van der Waals surface area contributed by atoms with Gasteiger partial charge in [0.05, 0.1) is 11.7 Å². The number of tetrazole rings is 1. The van der Waals surface area contributed by atoms with E-state index in [0.717, 1.165) is 27.4 Å². The number of benzene rings is 1. The number of anilines is 1. The van der Waals surface area contributed by atoms with Crippen LogP contribution in [0.2, 0.25) is 0 Å². The van der Waals surface area contributed by atoms with Gasteiger partial charge in [0.2, 0.25) is 0 Å². The molecule has 0 saturated carbocycles. The lowest BCUT2D eigenvalue weighted by Gasteiger charge is -2.16. The van der Waals surface area contributed by atoms with Gasteiger partial charge in [-0.05, 0) is 70.0 Å². The Bertz CT molecular complexity index is 738. The highest BCUT2D eigenvalue weighted by molar-refractivity contribution is 9.10. The van der Waals surface area contributed by atoms with Crippen LogP contribution in [0.4, 0.5) is 5.69 Å². The van der Waals surface area contributed by atoms with Crippen LogP contribution in [0.15, 0.2) is 45.7 Å². The van der Waals surface area contributed by atoms with Crippen LogP contribution < -0.4 is 5.32 Å². The molecule has 0 spiro atoms. The Labute approximate surface area is 130 Å². The molecule has 6 nitrogen and oxygen atoms in total. The summed E-state index contributed by atoms with van der Waals surface area (Å²) in [6.07, 6.45) is 1.57. The topological polar surface area (TPSA) is 68.8 Å².